The molecule has 0 atom stereocenters. The van der Waals surface area contributed by atoms with Gasteiger partial charge in [0.05, 0.1) is 14.2 Å². The molecule has 0 spiro atoms. The van der Waals surface area contributed by atoms with E-state index in [0.29, 0.717) is 18.8 Å². The van der Waals surface area contributed by atoms with Gasteiger partial charge in [-0.25, -0.2) is 0 Å². The van der Waals surface area contributed by atoms with Crippen molar-refractivity contribution in [2.45, 2.75) is 19.7 Å². The van der Waals surface area contributed by atoms with Gasteiger partial charge in [0.2, 0.25) is 0 Å². The van der Waals surface area contributed by atoms with Crippen LogP contribution in [0, 0.1) is 0 Å². The maximum atomic E-state index is 12.5. The van der Waals surface area contributed by atoms with Crippen molar-refractivity contribution in [3.63, 3.8) is 0 Å². The lowest BCUT2D eigenvalue weighted by Gasteiger charge is -2.20. The summed E-state index contributed by atoms with van der Waals surface area (Å²) in [7, 11) is 4.92. The quantitative estimate of drug-likeness (QED) is 0.586. The molecule has 1 N–H and O–H groups in total. The third-order valence-electron chi connectivity index (χ3n) is 4.64. The number of halogens is 2. The van der Waals surface area contributed by atoms with Crippen molar-refractivity contribution in [1.82, 2.24) is 4.90 Å². The van der Waals surface area contributed by atoms with Gasteiger partial charge in [-0.2, -0.15) is 8.78 Å². The molecule has 0 aliphatic carbocycles. The third-order valence-corrected chi connectivity index (χ3v) is 4.64. The monoisotopic (exact) mass is 403 g/mol. The fourth-order valence-electron chi connectivity index (χ4n) is 3.28. The molecular formula is C22H23F2NO4. The van der Waals surface area contributed by atoms with E-state index in [1.54, 1.807) is 25.3 Å². The first-order valence-corrected chi connectivity index (χ1v) is 9.00. The van der Waals surface area contributed by atoms with E-state index < -0.39 is 6.61 Å². The average molecular weight is 403 g/mol. The van der Waals surface area contributed by atoms with Crippen molar-refractivity contribution >= 4 is 10.8 Å². The van der Waals surface area contributed by atoms with Crippen LogP contribution < -0.4 is 14.2 Å². The minimum absolute atomic E-state index is 0.00676. The van der Waals surface area contributed by atoms with E-state index in [1.165, 1.54) is 13.2 Å². The van der Waals surface area contributed by atoms with E-state index in [0.717, 1.165) is 21.9 Å². The molecule has 0 aliphatic rings. The molecule has 0 saturated carbocycles. The number of fused-ring (bicyclic) bond motifs is 1. The van der Waals surface area contributed by atoms with E-state index in [-0.39, 0.29) is 17.2 Å². The number of methoxy groups -OCH3 is 2. The molecule has 0 fully saturated rings. The first kappa shape index (κ1) is 20.7. The molecule has 3 aromatic rings. The zero-order valence-electron chi connectivity index (χ0n) is 16.5. The van der Waals surface area contributed by atoms with E-state index in [1.807, 2.05) is 36.2 Å². The first-order valence-electron chi connectivity index (χ1n) is 9.00. The average Bonchev–Trinajstić information content (AvgIpc) is 2.70. The van der Waals surface area contributed by atoms with Gasteiger partial charge in [0.1, 0.15) is 11.5 Å². The van der Waals surface area contributed by atoms with E-state index in [4.69, 9.17) is 9.47 Å². The van der Waals surface area contributed by atoms with Crippen molar-refractivity contribution in [2.24, 2.45) is 0 Å². The van der Waals surface area contributed by atoms with Crippen LogP contribution in [0.2, 0.25) is 0 Å². The van der Waals surface area contributed by atoms with Gasteiger partial charge in [-0.15, -0.1) is 0 Å². The number of phenols is 1. The molecule has 0 bridgehead atoms. The van der Waals surface area contributed by atoms with Crippen LogP contribution in [0.4, 0.5) is 8.78 Å². The molecule has 0 unspecified atom stereocenters. The highest BCUT2D eigenvalue weighted by Gasteiger charge is 2.14. The van der Waals surface area contributed by atoms with E-state index >= 15 is 0 Å². The van der Waals surface area contributed by atoms with Crippen LogP contribution >= 0.6 is 0 Å². The van der Waals surface area contributed by atoms with Gasteiger partial charge in [0, 0.05) is 18.7 Å². The van der Waals surface area contributed by atoms with Crippen molar-refractivity contribution < 1.29 is 28.1 Å². The van der Waals surface area contributed by atoms with Gasteiger partial charge in [-0.1, -0.05) is 18.2 Å². The molecule has 3 rings (SSSR count). The normalized spacial score (nSPS) is 11.3. The molecule has 0 aliphatic heterocycles. The minimum Gasteiger partial charge on any atom is -0.508 e. The van der Waals surface area contributed by atoms with E-state index in [9.17, 15) is 13.9 Å². The number of hydrogen-bond donors (Lipinski definition) is 1. The SMILES string of the molecule is COc1ccc2ccc(O)c(CN(C)Cc3ccc(OC(F)F)c(OC)c3)c2c1. The molecule has 29 heavy (non-hydrogen) atoms. The Kier molecular flexibility index (Phi) is 6.39. The number of ether oxygens (including phenoxy) is 3. The number of alkyl halides is 2. The maximum absolute atomic E-state index is 12.5. The van der Waals surface area contributed by atoms with Crippen molar-refractivity contribution in [3.05, 3.63) is 59.7 Å². The highest BCUT2D eigenvalue weighted by molar-refractivity contribution is 5.88. The predicted molar refractivity (Wildman–Crippen MR) is 107 cm³/mol. The second kappa shape index (κ2) is 8.96. The summed E-state index contributed by atoms with van der Waals surface area (Å²) in [6.45, 7) is -1.91. The number of benzene rings is 3. The molecule has 7 heteroatoms. The summed E-state index contributed by atoms with van der Waals surface area (Å²) < 4.78 is 39.9. The topological polar surface area (TPSA) is 51.2 Å². The smallest absolute Gasteiger partial charge is 0.387 e. The van der Waals surface area contributed by atoms with Gasteiger partial charge in [0.25, 0.3) is 0 Å². The summed E-state index contributed by atoms with van der Waals surface area (Å²) >= 11 is 0. The molecule has 0 aromatic heterocycles. The van der Waals surface area contributed by atoms with Crippen molar-refractivity contribution in [3.8, 4) is 23.0 Å². The molecule has 3 aromatic carbocycles. The summed E-state index contributed by atoms with van der Waals surface area (Å²) in [4.78, 5) is 2.01. The van der Waals surface area contributed by atoms with Crippen LogP contribution in [0.5, 0.6) is 23.0 Å². The molecule has 0 radical (unpaired) electrons. The minimum atomic E-state index is -2.91. The Hall–Kier alpha value is -3.06. The summed E-state index contributed by atoms with van der Waals surface area (Å²) in [6, 6.07) is 14.1. The van der Waals surface area contributed by atoms with Crippen LogP contribution in [0.15, 0.2) is 48.5 Å². The Morgan fingerprint density at radius 1 is 0.931 bits per heavy atom. The highest BCUT2D eigenvalue weighted by Crippen LogP contribution is 2.32. The molecule has 0 amide bonds. The van der Waals surface area contributed by atoms with Gasteiger partial charge in [-0.3, -0.25) is 4.90 Å². The summed E-state index contributed by atoms with van der Waals surface area (Å²) in [5, 5.41) is 12.3. The van der Waals surface area contributed by atoms with Gasteiger partial charge in [0.15, 0.2) is 11.5 Å². The van der Waals surface area contributed by atoms with Gasteiger partial charge >= 0.3 is 6.61 Å². The third kappa shape index (κ3) is 4.86. The second-order valence-electron chi connectivity index (χ2n) is 6.69. The Labute approximate surface area is 168 Å². The maximum Gasteiger partial charge on any atom is 0.387 e. The number of rotatable bonds is 8. The molecule has 0 saturated heterocycles. The number of aromatic hydroxyl groups is 1. The van der Waals surface area contributed by atoms with Gasteiger partial charge < -0.3 is 19.3 Å². The van der Waals surface area contributed by atoms with Crippen molar-refractivity contribution in [2.75, 3.05) is 21.3 Å². The lowest BCUT2D eigenvalue weighted by molar-refractivity contribution is -0.0512. The van der Waals surface area contributed by atoms with Crippen LogP contribution in [0.25, 0.3) is 10.8 Å². The highest BCUT2D eigenvalue weighted by atomic mass is 19.3. The zero-order valence-corrected chi connectivity index (χ0v) is 16.5. The Balaban J connectivity index is 1.82. The van der Waals surface area contributed by atoms with Crippen LogP contribution in [-0.2, 0) is 13.1 Å². The van der Waals surface area contributed by atoms with Gasteiger partial charge in [-0.05, 0) is 53.7 Å². The summed E-state index contributed by atoms with van der Waals surface area (Å²) in [5.41, 5.74) is 1.65. The largest absolute Gasteiger partial charge is 0.508 e. The molecular weight excluding hydrogens is 380 g/mol. The Morgan fingerprint density at radius 3 is 2.38 bits per heavy atom. The Morgan fingerprint density at radius 2 is 1.69 bits per heavy atom. The fraction of sp³-hybridized carbons (Fsp3) is 0.273. The van der Waals surface area contributed by atoms with Crippen molar-refractivity contribution in [1.29, 1.82) is 0 Å². The molecule has 0 heterocycles. The number of nitrogens with zero attached hydrogens (tertiary/aromatic N) is 1. The van der Waals surface area contributed by atoms with Crippen LogP contribution in [0.3, 0.4) is 0 Å². The fourth-order valence-corrected chi connectivity index (χ4v) is 3.28. The zero-order chi connectivity index (χ0) is 21.0. The lowest BCUT2D eigenvalue weighted by Crippen LogP contribution is -2.17. The second-order valence-corrected chi connectivity index (χ2v) is 6.69. The predicted octanol–water partition coefficient (Wildman–Crippen LogP) is 4.80. The first-order chi connectivity index (χ1) is 13.9. The molecule has 154 valence electrons. The van der Waals surface area contributed by atoms with E-state index in [2.05, 4.69) is 4.74 Å². The summed E-state index contributed by atoms with van der Waals surface area (Å²) in [5.74, 6) is 1.16. The van der Waals surface area contributed by atoms with Crippen LogP contribution in [0.1, 0.15) is 11.1 Å². The molecule has 5 nitrogen and oxygen atoms in total. The number of hydrogen-bond acceptors (Lipinski definition) is 5. The summed E-state index contributed by atoms with van der Waals surface area (Å²) in [6.07, 6.45) is 0. The van der Waals surface area contributed by atoms with Crippen LogP contribution in [-0.4, -0.2) is 37.9 Å². The standard InChI is InChI=1S/C22H23F2NO4/c1-25(12-14-4-9-20(29-22(23)24)21(10-14)28-3)13-18-17-11-16(27-2)7-5-15(17)6-8-19(18)26/h4-11,22,26H,12-13H2,1-3H3. The Bertz CT molecular complexity index is 994. The number of phenolic OH excluding ortho intramolecular Hbond substituents is 1. The lowest BCUT2D eigenvalue weighted by atomic mass is 10.0.